The van der Waals surface area contributed by atoms with E-state index < -0.39 is 12.1 Å². The number of hydrogen-bond donors (Lipinski definition) is 3. The molecule has 2 atom stereocenters. The molecule has 1 amide bonds. The smallest absolute Gasteiger partial charge is 0.305 e. The Balaban J connectivity index is 3.41. The molecule has 3 N–H and O–H groups in total. The molecule has 74 heavy (non-hydrogen) atoms. The van der Waals surface area contributed by atoms with Crippen LogP contribution in [0.15, 0.2) is 24.3 Å². The maximum absolute atomic E-state index is 12.5. The van der Waals surface area contributed by atoms with Gasteiger partial charge in [0.2, 0.25) is 5.91 Å². The highest BCUT2D eigenvalue weighted by Gasteiger charge is 2.20. The van der Waals surface area contributed by atoms with E-state index in [-0.39, 0.29) is 18.5 Å². The number of carbonyl (C=O) groups excluding carboxylic acids is 2. The lowest BCUT2D eigenvalue weighted by Gasteiger charge is -2.22. The van der Waals surface area contributed by atoms with E-state index in [2.05, 4.69) is 43.5 Å². The second kappa shape index (κ2) is 63.9. The van der Waals surface area contributed by atoms with E-state index in [1.54, 1.807) is 0 Å². The van der Waals surface area contributed by atoms with Crippen molar-refractivity contribution < 1.29 is 24.5 Å². The van der Waals surface area contributed by atoms with Crippen LogP contribution in [0.25, 0.3) is 0 Å². The minimum atomic E-state index is -0.666. The molecule has 0 rings (SSSR count). The number of nitrogens with one attached hydrogen (secondary N) is 1. The van der Waals surface area contributed by atoms with Crippen LogP contribution in [0.4, 0.5) is 0 Å². The van der Waals surface area contributed by atoms with Crippen LogP contribution >= 0.6 is 0 Å². The molecule has 0 aliphatic heterocycles. The van der Waals surface area contributed by atoms with Crippen molar-refractivity contribution in [2.75, 3.05) is 13.2 Å². The molecule has 0 aromatic heterocycles. The second-order valence-corrected chi connectivity index (χ2v) is 23.2. The number of allylic oxidation sites excluding steroid dienone is 4. The van der Waals surface area contributed by atoms with Crippen LogP contribution in [-0.2, 0) is 14.3 Å². The Kier molecular flexibility index (Phi) is 62.4. The Hall–Kier alpha value is -1.66. The summed E-state index contributed by atoms with van der Waals surface area (Å²) in [6, 6.07) is -0.544. The zero-order valence-electron chi connectivity index (χ0n) is 50.1. The number of esters is 1. The van der Waals surface area contributed by atoms with Gasteiger partial charge in [-0.2, -0.15) is 0 Å². The lowest BCUT2D eigenvalue weighted by molar-refractivity contribution is -0.143. The summed E-state index contributed by atoms with van der Waals surface area (Å²) >= 11 is 0. The van der Waals surface area contributed by atoms with Crippen LogP contribution < -0.4 is 5.32 Å². The van der Waals surface area contributed by atoms with Crippen LogP contribution in [0.2, 0.25) is 0 Å². The first-order valence-electron chi connectivity index (χ1n) is 33.6. The van der Waals surface area contributed by atoms with Crippen molar-refractivity contribution in [3.8, 4) is 0 Å². The van der Waals surface area contributed by atoms with Crippen molar-refractivity contribution in [2.45, 2.75) is 386 Å². The summed E-state index contributed by atoms with van der Waals surface area (Å²) in [4.78, 5) is 24.6. The van der Waals surface area contributed by atoms with Crippen molar-refractivity contribution in [1.29, 1.82) is 0 Å². The predicted molar refractivity (Wildman–Crippen MR) is 324 cm³/mol. The van der Waals surface area contributed by atoms with Crippen molar-refractivity contribution in [3.63, 3.8) is 0 Å². The Morgan fingerprint density at radius 1 is 0.378 bits per heavy atom. The summed E-state index contributed by atoms with van der Waals surface area (Å²) in [5, 5.41) is 23.3. The largest absolute Gasteiger partial charge is 0.466 e. The van der Waals surface area contributed by atoms with Gasteiger partial charge in [0.1, 0.15) is 0 Å². The summed E-state index contributed by atoms with van der Waals surface area (Å²) < 4.78 is 5.49. The number of hydrogen-bond acceptors (Lipinski definition) is 5. The van der Waals surface area contributed by atoms with E-state index in [0.29, 0.717) is 25.9 Å². The van der Waals surface area contributed by atoms with Gasteiger partial charge in [-0.15, -0.1) is 0 Å². The maximum Gasteiger partial charge on any atom is 0.305 e. The van der Waals surface area contributed by atoms with E-state index in [1.165, 1.54) is 295 Å². The van der Waals surface area contributed by atoms with E-state index in [0.717, 1.165) is 44.9 Å². The van der Waals surface area contributed by atoms with Gasteiger partial charge in [0.15, 0.2) is 0 Å². The average molecular weight is 1040 g/mol. The Morgan fingerprint density at radius 3 is 1.03 bits per heavy atom. The highest BCUT2D eigenvalue weighted by atomic mass is 16.5. The van der Waals surface area contributed by atoms with Gasteiger partial charge in [-0.1, -0.05) is 327 Å². The van der Waals surface area contributed by atoms with E-state index >= 15 is 0 Å². The molecule has 0 heterocycles. The second-order valence-electron chi connectivity index (χ2n) is 23.2. The molecular weight excluding hydrogens is 911 g/mol. The first kappa shape index (κ1) is 72.3. The molecule has 0 aromatic carbocycles. The Bertz CT molecular complexity index is 1150. The van der Waals surface area contributed by atoms with Gasteiger partial charge >= 0.3 is 5.97 Å². The van der Waals surface area contributed by atoms with Gasteiger partial charge in [0, 0.05) is 12.8 Å². The minimum absolute atomic E-state index is 0.0135. The zero-order valence-corrected chi connectivity index (χ0v) is 50.1. The Labute approximate surface area is 462 Å². The van der Waals surface area contributed by atoms with Gasteiger partial charge in [-0.3, -0.25) is 9.59 Å². The summed E-state index contributed by atoms with van der Waals surface area (Å²) in [6.45, 7) is 4.98. The third kappa shape index (κ3) is 59.6. The highest BCUT2D eigenvalue weighted by Crippen LogP contribution is 2.18. The summed E-state index contributed by atoms with van der Waals surface area (Å²) in [5.74, 6) is -0.0219. The fourth-order valence-electron chi connectivity index (χ4n) is 10.6. The molecule has 6 nitrogen and oxygen atoms in total. The fourth-order valence-corrected chi connectivity index (χ4v) is 10.6. The minimum Gasteiger partial charge on any atom is -0.466 e. The molecule has 0 radical (unpaired) electrons. The quantitative estimate of drug-likeness (QED) is 0.0320. The van der Waals surface area contributed by atoms with Crippen LogP contribution in [0.1, 0.15) is 373 Å². The molecule has 0 bridgehead atoms. The number of ether oxygens (including phenoxy) is 1. The van der Waals surface area contributed by atoms with Gasteiger partial charge in [-0.25, -0.2) is 0 Å². The average Bonchev–Trinajstić information content (AvgIpc) is 3.40. The SMILES string of the molecule is CCCCCCCCCCCCCCCCCCC(O)C(CO)NC(=O)CCCCCCCCCCCCC/C=C\C/C=C\CCCCCCCCCCCOC(=O)CCCCCCCCCCCCCCCC. The summed E-state index contributed by atoms with van der Waals surface area (Å²) in [7, 11) is 0. The zero-order chi connectivity index (χ0) is 53.6. The van der Waals surface area contributed by atoms with Crippen LogP contribution in [0.3, 0.4) is 0 Å². The lowest BCUT2D eigenvalue weighted by Crippen LogP contribution is -2.45. The topological polar surface area (TPSA) is 95.9 Å². The van der Waals surface area contributed by atoms with Crippen LogP contribution in [0, 0.1) is 0 Å². The van der Waals surface area contributed by atoms with Gasteiger partial charge in [0.25, 0.3) is 0 Å². The van der Waals surface area contributed by atoms with Gasteiger partial charge < -0.3 is 20.3 Å². The van der Waals surface area contributed by atoms with Gasteiger partial charge in [0.05, 0.1) is 25.4 Å². The molecule has 6 heteroatoms. The third-order valence-corrected chi connectivity index (χ3v) is 15.8. The molecular formula is C68H131NO5. The van der Waals surface area contributed by atoms with Crippen molar-refractivity contribution in [2.24, 2.45) is 0 Å². The number of amides is 1. The number of unbranched alkanes of at least 4 members (excludes halogenated alkanes) is 48. The van der Waals surface area contributed by atoms with E-state index in [1.807, 2.05) is 0 Å². The van der Waals surface area contributed by atoms with Crippen LogP contribution in [-0.4, -0.2) is 47.4 Å². The third-order valence-electron chi connectivity index (χ3n) is 15.8. The molecule has 0 aliphatic rings. The summed E-state index contributed by atoms with van der Waals surface area (Å²) in [5.41, 5.74) is 0. The molecule has 0 saturated carbocycles. The van der Waals surface area contributed by atoms with E-state index in [4.69, 9.17) is 4.74 Å². The standard InChI is InChI=1S/C68H131NO5/c1-3-5-7-9-11-13-15-17-19-33-36-40-44-48-52-56-60-66(71)65(64-70)69-67(72)61-57-53-49-45-41-37-34-31-29-27-25-23-21-20-22-24-26-28-30-32-35-39-43-47-51-55-59-63-74-68(73)62-58-54-50-46-42-38-18-16-14-12-10-8-6-4-2/h20-21,24,26,65-66,70-71H,3-19,22-23,25,27-64H2,1-2H3,(H,69,72)/b21-20-,26-24-. The van der Waals surface area contributed by atoms with Crippen LogP contribution in [0.5, 0.6) is 0 Å². The number of aliphatic hydroxyl groups excluding tert-OH is 2. The molecule has 2 unspecified atom stereocenters. The first-order chi connectivity index (χ1) is 36.5. The number of carbonyl (C=O) groups is 2. The molecule has 0 aliphatic carbocycles. The normalized spacial score (nSPS) is 12.6. The molecule has 438 valence electrons. The predicted octanol–water partition coefficient (Wildman–Crippen LogP) is 21.4. The molecule has 0 spiro atoms. The Morgan fingerprint density at radius 2 is 0.676 bits per heavy atom. The summed E-state index contributed by atoms with van der Waals surface area (Å²) in [6.07, 6.45) is 79.2. The van der Waals surface area contributed by atoms with Gasteiger partial charge in [-0.05, 0) is 57.8 Å². The van der Waals surface area contributed by atoms with Crippen molar-refractivity contribution in [3.05, 3.63) is 24.3 Å². The monoisotopic (exact) mass is 1040 g/mol. The molecule has 0 saturated heterocycles. The highest BCUT2D eigenvalue weighted by molar-refractivity contribution is 5.76. The fraction of sp³-hybridized carbons (Fsp3) is 0.912. The number of aliphatic hydroxyl groups is 2. The molecule has 0 fully saturated rings. The van der Waals surface area contributed by atoms with E-state index in [9.17, 15) is 19.8 Å². The first-order valence-corrected chi connectivity index (χ1v) is 33.6. The maximum atomic E-state index is 12.5. The van der Waals surface area contributed by atoms with Crippen molar-refractivity contribution >= 4 is 11.9 Å². The number of rotatable bonds is 63. The van der Waals surface area contributed by atoms with Crippen molar-refractivity contribution in [1.82, 2.24) is 5.32 Å². The molecule has 0 aromatic rings. The lowest BCUT2D eigenvalue weighted by atomic mass is 10.0.